The minimum atomic E-state index is -1.04. The van der Waals surface area contributed by atoms with Gasteiger partial charge in [-0.05, 0) is 18.6 Å². The van der Waals surface area contributed by atoms with Gasteiger partial charge in [0.25, 0.3) is 0 Å². The molecule has 1 heterocycles. The van der Waals surface area contributed by atoms with Gasteiger partial charge in [-0.15, -0.1) is 17.5 Å². The fourth-order valence-corrected chi connectivity index (χ4v) is 0.605. The van der Waals surface area contributed by atoms with Gasteiger partial charge in [-0.3, -0.25) is 0 Å². The van der Waals surface area contributed by atoms with E-state index in [9.17, 15) is 4.79 Å². The first-order valence-corrected chi connectivity index (χ1v) is 2.73. The normalized spacial score (nSPS) is 8.45. The minimum Gasteiger partial charge on any atom is -0.476 e. The molecular formula is C6H7ClN2O2. The van der Waals surface area contributed by atoms with Gasteiger partial charge in [0.1, 0.15) is 0 Å². The second kappa shape index (κ2) is 3.88. The van der Waals surface area contributed by atoms with Crippen molar-refractivity contribution in [1.82, 2.24) is 10.2 Å². The summed E-state index contributed by atoms with van der Waals surface area (Å²) >= 11 is 0. The molecule has 0 aliphatic carbocycles. The molecule has 0 spiro atoms. The van der Waals surface area contributed by atoms with Crippen molar-refractivity contribution in [2.24, 2.45) is 0 Å². The van der Waals surface area contributed by atoms with Crippen LogP contribution in [-0.4, -0.2) is 21.3 Å². The van der Waals surface area contributed by atoms with Crippen molar-refractivity contribution in [2.45, 2.75) is 6.92 Å². The zero-order valence-corrected chi connectivity index (χ0v) is 6.63. The third kappa shape index (κ3) is 2.16. The highest BCUT2D eigenvalue weighted by molar-refractivity contribution is 5.86. The van der Waals surface area contributed by atoms with Gasteiger partial charge in [-0.1, -0.05) is 0 Å². The quantitative estimate of drug-likeness (QED) is 0.687. The Morgan fingerprint density at radius 3 is 2.64 bits per heavy atom. The van der Waals surface area contributed by atoms with Crippen molar-refractivity contribution in [3.63, 3.8) is 0 Å². The minimum absolute atomic E-state index is 0. The molecule has 0 saturated carbocycles. The van der Waals surface area contributed by atoms with E-state index in [1.165, 1.54) is 6.20 Å². The maximum absolute atomic E-state index is 10.3. The van der Waals surface area contributed by atoms with Gasteiger partial charge < -0.3 is 5.11 Å². The molecule has 0 aliphatic rings. The summed E-state index contributed by atoms with van der Waals surface area (Å²) in [6.45, 7) is 1.68. The van der Waals surface area contributed by atoms with Gasteiger partial charge in [0.15, 0.2) is 5.69 Å². The van der Waals surface area contributed by atoms with Crippen LogP contribution in [0.1, 0.15) is 16.1 Å². The number of rotatable bonds is 1. The number of carboxylic acid groups (broad SMARTS) is 1. The van der Waals surface area contributed by atoms with E-state index in [1.54, 1.807) is 13.0 Å². The third-order valence-electron chi connectivity index (χ3n) is 1.13. The van der Waals surface area contributed by atoms with Crippen molar-refractivity contribution in [1.29, 1.82) is 0 Å². The van der Waals surface area contributed by atoms with Crippen molar-refractivity contribution in [3.8, 4) is 0 Å². The van der Waals surface area contributed by atoms with Crippen molar-refractivity contribution in [2.75, 3.05) is 0 Å². The molecule has 0 aliphatic heterocycles. The fraction of sp³-hybridized carbons (Fsp3) is 0.167. The summed E-state index contributed by atoms with van der Waals surface area (Å²) in [4.78, 5) is 10.3. The van der Waals surface area contributed by atoms with Gasteiger partial charge in [0.2, 0.25) is 0 Å². The zero-order chi connectivity index (χ0) is 7.56. The Morgan fingerprint density at radius 2 is 2.27 bits per heavy atom. The molecule has 60 valence electrons. The average molecular weight is 175 g/mol. The van der Waals surface area contributed by atoms with E-state index in [4.69, 9.17) is 5.11 Å². The number of aromatic nitrogens is 2. The van der Waals surface area contributed by atoms with Crippen LogP contribution in [0, 0.1) is 6.92 Å². The number of aromatic carboxylic acids is 1. The number of nitrogens with zero attached hydrogens (tertiary/aromatic N) is 2. The largest absolute Gasteiger partial charge is 0.476 e. The molecule has 1 aromatic heterocycles. The first-order chi connectivity index (χ1) is 4.72. The lowest BCUT2D eigenvalue weighted by Gasteiger charge is -1.93. The molecule has 0 unspecified atom stereocenters. The van der Waals surface area contributed by atoms with E-state index in [-0.39, 0.29) is 18.1 Å². The van der Waals surface area contributed by atoms with Crippen LogP contribution in [0.5, 0.6) is 0 Å². The molecule has 1 N–H and O–H groups in total. The van der Waals surface area contributed by atoms with E-state index in [2.05, 4.69) is 10.2 Å². The van der Waals surface area contributed by atoms with Crippen LogP contribution in [0.15, 0.2) is 12.3 Å². The van der Waals surface area contributed by atoms with Gasteiger partial charge in [0, 0.05) is 6.20 Å². The van der Waals surface area contributed by atoms with Crippen LogP contribution >= 0.6 is 12.4 Å². The molecule has 11 heavy (non-hydrogen) atoms. The summed E-state index contributed by atoms with van der Waals surface area (Å²) in [7, 11) is 0. The Hall–Kier alpha value is -1.16. The molecule has 0 saturated heterocycles. The lowest BCUT2D eigenvalue weighted by Crippen LogP contribution is -2.03. The van der Waals surface area contributed by atoms with Crippen LogP contribution in [-0.2, 0) is 0 Å². The van der Waals surface area contributed by atoms with Crippen LogP contribution in [0.2, 0.25) is 0 Å². The lowest BCUT2D eigenvalue weighted by atomic mass is 10.2. The average Bonchev–Trinajstić information content (AvgIpc) is 1.88. The molecule has 4 nitrogen and oxygen atoms in total. The Labute approximate surface area is 69.7 Å². The summed E-state index contributed by atoms with van der Waals surface area (Å²) in [5.41, 5.74) is 0.644. The fourth-order valence-electron chi connectivity index (χ4n) is 0.605. The Bertz CT molecular complexity index is 265. The van der Waals surface area contributed by atoms with E-state index >= 15 is 0 Å². The second-order valence-corrected chi connectivity index (χ2v) is 1.87. The van der Waals surface area contributed by atoms with Crippen molar-refractivity contribution < 1.29 is 9.90 Å². The molecule has 0 aromatic carbocycles. The smallest absolute Gasteiger partial charge is 0.356 e. The lowest BCUT2D eigenvalue weighted by molar-refractivity contribution is 0.0688. The number of hydrogen-bond acceptors (Lipinski definition) is 3. The number of halogens is 1. The van der Waals surface area contributed by atoms with Crippen LogP contribution < -0.4 is 0 Å². The van der Waals surface area contributed by atoms with E-state index in [0.29, 0.717) is 5.56 Å². The van der Waals surface area contributed by atoms with Crippen LogP contribution in [0.4, 0.5) is 0 Å². The molecule has 0 atom stereocenters. The molecular weight excluding hydrogens is 168 g/mol. The van der Waals surface area contributed by atoms with Crippen molar-refractivity contribution in [3.05, 3.63) is 23.5 Å². The molecule has 1 aromatic rings. The highest BCUT2D eigenvalue weighted by atomic mass is 35.5. The summed E-state index contributed by atoms with van der Waals surface area (Å²) in [5, 5.41) is 15.3. The molecule has 0 amide bonds. The van der Waals surface area contributed by atoms with E-state index < -0.39 is 5.97 Å². The Kier molecular flexibility index (Phi) is 3.47. The summed E-state index contributed by atoms with van der Waals surface area (Å²) in [5.74, 6) is -1.04. The van der Waals surface area contributed by atoms with Crippen molar-refractivity contribution >= 4 is 18.4 Å². The first kappa shape index (κ1) is 9.84. The maximum atomic E-state index is 10.3. The van der Waals surface area contributed by atoms with Crippen LogP contribution in [0.25, 0.3) is 0 Å². The van der Waals surface area contributed by atoms with E-state index in [1.807, 2.05) is 0 Å². The molecule has 0 fully saturated rings. The summed E-state index contributed by atoms with van der Waals surface area (Å²) in [6.07, 6.45) is 1.46. The highest BCUT2D eigenvalue weighted by Gasteiger charge is 2.06. The SMILES string of the molecule is Cc1ccnnc1C(=O)O.Cl. The first-order valence-electron chi connectivity index (χ1n) is 2.73. The standard InChI is InChI=1S/C6H6N2O2.ClH/c1-4-2-3-7-8-5(4)6(9)10;/h2-3H,1H3,(H,9,10);1H. The number of hydrogen-bond donors (Lipinski definition) is 1. The van der Waals surface area contributed by atoms with Gasteiger partial charge in [-0.25, -0.2) is 4.79 Å². The molecule has 0 bridgehead atoms. The highest BCUT2D eigenvalue weighted by Crippen LogP contribution is 1.99. The zero-order valence-electron chi connectivity index (χ0n) is 5.81. The third-order valence-corrected chi connectivity index (χ3v) is 1.13. The van der Waals surface area contributed by atoms with Gasteiger partial charge in [0.05, 0.1) is 0 Å². The van der Waals surface area contributed by atoms with Crippen LogP contribution in [0.3, 0.4) is 0 Å². The molecule has 5 heteroatoms. The maximum Gasteiger partial charge on any atom is 0.356 e. The monoisotopic (exact) mass is 174 g/mol. The van der Waals surface area contributed by atoms with Gasteiger partial charge >= 0.3 is 5.97 Å². The van der Waals surface area contributed by atoms with Gasteiger partial charge in [-0.2, -0.15) is 5.10 Å². The number of carbonyl (C=O) groups is 1. The number of aryl methyl sites for hydroxylation is 1. The number of carboxylic acids is 1. The topological polar surface area (TPSA) is 63.1 Å². The molecule has 0 radical (unpaired) electrons. The predicted octanol–water partition coefficient (Wildman–Crippen LogP) is 0.905. The predicted molar refractivity (Wildman–Crippen MR) is 41.0 cm³/mol. The Balaban J connectivity index is 0.000001000. The molecule has 1 rings (SSSR count). The second-order valence-electron chi connectivity index (χ2n) is 1.87. The van der Waals surface area contributed by atoms with E-state index in [0.717, 1.165) is 0 Å². The Morgan fingerprint density at radius 1 is 1.64 bits per heavy atom. The summed E-state index contributed by atoms with van der Waals surface area (Å²) < 4.78 is 0. The summed E-state index contributed by atoms with van der Waals surface area (Å²) in [6, 6.07) is 1.61.